The molecule has 0 unspecified atom stereocenters. The molecule has 0 bridgehead atoms. The average Bonchev–Trinajstić information content (AvgIpc) is 2.99. The fourth-order valence-corrected chi connectivity index (χ4v) is 3.73. The van der Waals surface area contributed by atoms with E-state index in [2.05, 4.69) is 6.58 Å². The Morgan fingerprint density at radius 3 is 2.52 bits per heavy atom. The number of ether oxygens (including phenoxy) is 4. The molecule has 9 heteroatoms. The number of carbonyl (C=O) groups excluding carboxylic acids is 4. The van der Waals surface area contributed by atoms with E-state index < -0.39 is 54.7 Å². The molecule has 0 amide bonds. The van der Waals surface area contributed by atoms with Crippen molar-refractivity contribution in [2.75, 3.05) is 13.2 Å². The normalized spacial score (nSPS) is 25.8. The molecule has 2 aliphatic rings. The molecule has 1 saturated heterocycles. The van der Waals surface area contributed by atoms with Crippen LogP contribution in [0.4, 0.5) is 0 Å². The molecule has 0 spiro atoms. The maximum absolute atomic E-state index is 12.8. The van der Waals surface area contributed by atoms with Gasteiger partial charge in [0, 0.05) is 32.3 Å². The van der Waals surface area contributed by atoms with Crippen LogP contribution >= 0.6 is 0 Å². The van der Waals surface area contributed by atoms with Gasteiger partial charge in [-0.15, -0.1) is 0 Å². The summed E-state index contributed by atoms with van der Waals surface area (Å²) >= 11 is 0. The van der Waals surface area contributed by atoms with E-state index in [1.165, 1.54) is 19.9 Å². The van der Waals surface area contributed by atoms with Crippen LogP contribution in [0.2, 0.25) is 0 Å². The molecule has 0 saturated carbocycles. The van der Waals surface area contributed by atoms with E-state index in [0.29, 0.717) is 12.0 Å². The van der Waals surface area contributed by atoms with Crippen LogP contribution in [0.1, 0.15) is 40.5 Å². The van der Waals surface area contributed by atoms with Crippen LogP contribution in [0.5, 0.6) is 0 Å². The highest BCUT2D eigenvalue weighted by Crippen LogP contribution is 2.36. The quantitative estimate of drug-likeness (QED) is 0.273. The molecule has 0 aromatic rings. The van der Waals surface area contributed by atoms with E-state index in [1.807, 2.05) is 13.0 Å². The third-order valence-electron chi connectivity index (χ3n) is 5.40. The number of hydrogen-bond donors (Lipinski definition) is 1. The Hall–Kier alpha value is -3.20. The van der Waals surface area contributed by atoms with E-state index in [0.717, 1.165) is 5.57 Å². The average molecular weight is 462 g/mol. The molecule has 33 heavy (non-hydrogen) atoms. The molecule has 1 N–H and O–H groups in total. The summed E-state index contributed by atoms with van der Waals surface area (Å²) in [5, 5.41) is 9.24. The predicted octanol–water partition coefficient (Wildman–Crippen LogP) is 2.10. The van der Waals surface area contributed by atoms with Gasteiger partial charge in [0.15, 0.2) is 0 Å². The molecule has 2 rings (SSSR count). The molecule has 1 aliphatic heterocycles. The molecular weight excluding hydrogens is 432 g/mol. The summed E-state index contributed by atoms with van der Waals surface area (Å²) in [6.07, 6.45) is 3.34. The first-order chi connectivity index (χ1) is 15.5. The first-order valence-electron chi connectivity index (χ1n) is 10.6. The van der Waals surface area contributed by atoms with Gasteiger partial charge in [-0.25, -0.2) is 9.59 Å². The Labute approximate surface area is 192 Å². The van der Waals surface area contributed by atoms with E-state index >= 15 is 0 Å². The molecule has 180 valence electrons. The second kappa shape index (κ2) is 11.6. The maximum atomic E-state index is 12.8. The molecule has 9 nitrogen and oxygen atoms in total. The number of esters is 4. The predicted molar refractivity (Wildman–Crippen MR) is 116 cm³/mol. The Bertz CT molecular complexity index is 909. The van der Waals surface area contributed by atoms with Crippen LogP contribution in [0.15, 0.2) is 47.1 Å². The fraction of sp³-hybridized carbons (Fsp3) is 0.500. The number of aliphatic hydroxyl groups excluding tert-OH is 1. The topological polar surface area (TPSA) is 125 Å². The summed E-state index contributed by atoms with van der Waals surface area (Å²) in [5.74, 6) is -3.09. The maximum Gasteiger partial charge on any atom is 0.337 e. The van der Waals surface area contributed by atoms with E-state index in [1.54, 1.807) is 13.0 Å². The van der Waals surface area contributed by atoms with Gasteiger partial charge in [0.2, 0.25) is 0 Å². The van der Waals surface area contributed by atoms with Crippen molar-refractivity contribution in [3.63, 3.8) is 0 Å². The SMILES string of the molecule is C=C1C(=O)O[C@@H]2C=C(C)[C@@H](OC(C)=O)CC=C(C)C[C@@H](OC(=O)C(=CCO)COC(C)=O)[C@@H]12. The zero-order valence-corrected chi connectivity index (χ0v) is 19.3. The van der Waals surface area contributed by atoms with Gasteiger partial charge in [-0.05, 0) is 31.6 Å². The largest absolute Gasteiger partial charge is 0.461 e. The number of aliphatic hydroxyl groups is 1. The molecule has 4 atom stereocenters. The highest BCUT2D eigenvalue weighted by atomic mass is 16.6. The zero-order valence-electron chi connectivity index (χ0n) is 19.3. The van der Waals surface area contributed by atoms with Crippen LogP contribution in [-0.2, 0) is 38.1 Å². The van der Waals surface area contributed by atoms with Crippen molar-refractivity contribution < 1.29 is 43.2 Å². The first kappa shape index (κ1) is 26.1. The lowest BCUT2D eigenvalue weighted by molar-refractivity contribution is -0.149. The van der Waals surface area contributed by atoms with Crippen LogP contribution in [-0.4, -0.2) is 60.5 Å². The summed E-state index contributed by atoms with van der Waals surface area (Å²) in [4.78, 5) is 47.9. The van der Waals surface area contributed by atoms with Gasteiger partial charge in [-0.2, -0.15) is 0 Å². The number of fused-ring (bicyclic) bond motifs is 1. The Morgan fingerprint density at radius 2 is 1.91 bits per heavy atom. The molecule has 1 aliphatic carbocycles. The van der Waals surface area contributed by atoms with Crippen molar-refractivity contribution in [1.82, 2.24) is 0 Å². The Kier molecular flexibility index (Phi) is 9.16. The summed E-state index contributed by atoms with van der Waals surface area (Å²) in [5.41, 5.74) is 1.67. The molecule has 0 radical (unpaired) electrons. The second-order valence-corrected chi connectivity index (χ2v) is 8.06. The second-order valence-electron chi connectivity index (χ2n) is 8.06. The van der Waals surface area contributed by atoms with Gasteiger partial charge in [0.05, 0.1) is 18.1 Å². The summed E-state index contributed by atoms with van der Waals surface area (Å²) in [7, 11) is 0. The van der Waals surface area contributed by atoms with Gasteiger partial charge in [0.25, 0.3) is 0 Å². The van der Waals surface area contributed by atoms with Crippen molar-refractivity contribution in [3.05, 3.63) is 47.1 Å². The molecule has 1 heterocycles. The van der Waals surface area contributed by atoms with Gasteiger partial charge in [-0.3, -0.25) is 9.59 Å². The van der Waals surface area contributed by atoms with Crippen LogP contribution < -0.4 is 0 Å². The van der Waals surface area contributed by atoms with Crippen molar-refractivity contribution in [3.8, 4) is 0 Å². The number of carbonyl (C=O) groups is 4. The lowest BCUT2D eigenvalue weighted by Crippen LogP contribution is -2.35. The Morgan fingerprint density at radius 1 is 1.21 bits per heavy atom. The van der Waals surface area contributed by atoms with Crippen LogP contribution in [0.25, 0.3) is 0 Å². The van der Waals surface area contributed by atoms with Crippen LogP contribution in [0.3, 0.4) is 0 Å². The minimum atomic E-state index is -0.813. The molecule has 0 aromatic heterocycles. The minimum Gasteiger partial charge on any atom is -0.461 e. The van der Waals surface area contributed by atoms with E-state index in [-0.39, 0.29) is 24.2 Å². The molecule has 1 fully saturated rings. The van der Waals surface area contributed by atoms with Gasteiger partial charge < -0.3 is 24.1 Å². The standard InChI is InChI=1S/C24H30O9/c1-13-6-7-19(31-17(5)27)14(2)11-21-22(15(3)23(28)32-21)20(10-13)33-24(29)18(8-9-25)12-30-16(4)26/h6,8,11,19-22,25H,3,7,9-10,12H2,1-2,4-5H3/t19-,20+,21+,22+/m0/s1. The highest BCUT2D eigenvalue weighted by Gasteiger charge is 2.45. The third kappa shape index (κ3) is 7.15. The zero-order chi connectivity index (χ0) is 24.7. The summed E-state index contributed by atoms with van der Waals surface area (Å²) in [6, 6.07) is 0. The van der Waals surface area contributed by atoms with Gasteiger partial charge in [0.1, 0.15) is 24.9 Å². The van der Waals surface area contributed by atoms with Crippen molar-refractivity contribution in [2.45, 2.75) is 58.8 Å². The Balaban J connectivity index is 2.39. The first-order valence-corrected chi connectivity index (χ1v) is 10.6. The highest BCUT2D eigenvalue weighted by molar-refractivity contribution is 5.92. The van der Waals surface area contributed by atoms with Crippen molar-refractivity contribution in [1.29, 1.82) is 0 Å². The fourth-order valence-electron chi connectivity index (χ4n) is 3.73. The van der Waals surface area contributed by atoms with Crippen LogP contribution in [0, 0.1) is 5.92 Å². The lowest BCUT2D eigenvalue weighted by atomic mass is 9.85. The molecule has 0 aromatic carbocycles. The third-order valence-corrected chi connectivity index (χ3v) is 5.40. The number of rotatable bonds is 6. The van der Waals surface area contributed by atoms with Gasteiger partial charge >= 0.3 is 23.9 Å². The monoisotopic (exact) mass is 462 g/mol. The molecular formula is C24H30O9. The van der Waals surface area contributed by atoms with E-state index in [9.17, 15) is 24.3 Å². The number of hydrogen-bond acceptors (Lipinski definition) is 9. The smallest absolute Gasteiger partial charge is 0.337 e. The van der Waals surface area contributed by atoms with Crippen molar-refractivity contribution in [2.24, 2.45) is 5.92 Å². The van der Waals surface area contributed by atoms with Crippen molar-refractivity contribution >= 4 is 23.9 Å². The minimum absolute atomic E-state index is 0.0273. The summed E-state index contributed by atoms with van der Waals surface area (Å²) < 4.78 is 21.5. The lowest BCUT2D eigenvalue weighted by Gasteiger charge is -2.28. The van der Waals surface area contributed by atoms with E-state index in [4.69, 9.17) is 18.9 Å². The van der Waals surface area contributed by atoms with Gasteiger partial charge in [-0.1, -0.05) is 18.2 Å². The summed E-state index contributed by atoms with van der Waals surface area (Å²) in [6.45, 7) is 9.16.